The number of rotatable bonds is 4. The Hall–Kier alpha value is -1.92. The summed E-state index contributed by atoms with van der Waals surface area (Å²) in [6, 6.07) is -0.117. The second-order valence-electron chi connectivity index (χ2n) is 4.09. The molecule has 0 aromatic carbocycles. The molecule has 1 aliphatic carbocycles. The third kappa shape index (κ3) is 3.06. The molecule has 0 bridgehead atoms. The van der Waals surface area contributed by atoms with Crippen LogP contribution in [0.15, 0.2) is 6.20 Å². The number of nitrogen functional groups attached to an aromatic ring is 1. The third-order valence-electron chi connectivity index (χ3n) is 2.83. The van der Waals surface area contributed by atoms with Crippen LogP contribution in [0.4, 0.5) is 10.2 Å². The second-order valence-corrected chi connectivity index (χ2v) is 4.09. The number of anilines is 1. The first kappa shape index (κ1) is 12.5. The first-order valence-corrected chi connectivity index (χ1v) is 5.74. The van der Waals surface area contributed by atoms with Gasteiger partial charge in [-0.3, -0.25) is 4.79 Å². The van der Waals surface area contributed by atoms with E-state index in [-0.39, 0.29) is 30.5 Å². The van der Waals surface area contributed by atoms with Crippen LogP contribution in [-0.4, -0.2) is 22.7 Å². The van der Waals surface area contributed by atoms with E-state index in [1.54, 1.807) is 0 Å². The topological polar surface area (TPSA) is 87.3 Å². The number of halogens is 1. The van der Waals surface area contributed by atoms with Crippen LogP contribution in [0.2, 0.25) is 0 Å². The van der Waals surface area contributed by atoms with Crippen LogP contribution in [0.3, 0.4) is 0 Å². The van der Waals surface area contributed by atoms with Crippen LogP contribution in [0, 0.1) is 11.7 Å². The summed E-state index contributed by atoms with van der Waals surface area (Å²) >= 11 is 0. The predicted octanol–water partition coefficient (Wildman–Crippen LogP) is 1.27. The van der Waals surface area contributed by atoms with E-state index in [1.807, 2.05) is 0 Å². The van der Waals surface area contributed by atoms with E-state index in [2.05, 4.69) is 9.97 Å². The molecule has 0 amide bonds. The summed E-state index contributed by atoms with van der Waals surface area (Å²) in [6.45, 7) is -0.291. The molecule has 1 fully saturated rings. The first-order chi connectivity index (χ1) is 8.66. The molecule has 7 heteroatoms. The monoisotopic (exact) mass is 255 g/mol. The summed E-state index contributed by atoms with van der Waals surface area (Å²) in [5, 5.41) is 0. The average molecular weight is 255 g/mol. The molecule has 6 nitrogen and oxygen atoms in total. The highest BCUT2D eigenvalue weighted by Gasteiger charge is 2.24. The number of hydrogen-bond acceptors (Lipinski definition) is 6. The number of nitrogens with zero attached hydrogens (tertiary/aromatic N) is 2. The molecule has 1 saturated carbocycles. The van der Waals surface area contributed by atoms with Crippen molar-refractivity contribution in [3.8, 4) is 6.01 Å². The Morgan fingerprint density at radius 3 is 2.89 bits per heavy atom. The van der Waals surface area contributed by atoms with Crippen molar-refractivity contribution in [2.45, 2.75) is 25.7 Å². The Balaban J connectivity index is 1.77. The van der Waals surface area contributed by atoms with Gasteiger partial charge in [-0.1, -0.05) is 12.8 Å². The standard InChI is InChI=1S/C11H14FN3O3/c12-8-5-14-11(15-9(8)13)18-6-17-10(16)7-3-1-2-4-7/h5,7H,1-4,6H2,(H2,13,14,15). The van der Waals surface area contributed by atoms with Crippen LogP contribution in [-0.2, 0) is 9.53 Å². The van der Waals surface area contributed by atoms with Gasteiger partial charge in [0.05, 0.1) is 12.1 Å². The lowest BCUT2D eigenvalue weighted by atomic mass is 10.1. The number of nitrogens with two attached hydrogens (primary N) is 1. The Kier molecular flexibility index (Phi) is 3.91. The average Bonchev–Trinajstić information content (AvgIpc) is 2.87. The van der Waals surface area contributed by atoms with E-state index in [0.29, 0.717) is 0 Å². The van der Waals surface area contributed by atoms with Crippen LogP contribution in [0.5, 0.6) is 6.01 Å². The molecular formula is C11H14FN3O3. The van der Waals surface area contributed by atoms with Crippen molar-refractivity contribution in [2.75, 3.05) is 12.5 Å². The highest BCUT2D eigenvalue weighted by molar-refractivity contribution is 5.72. The van der Waals surface area contributed by atoms with Crippen LogP contribution in [0.25, 0.3) is 0 Å². The zero-order valence-electron chi connectivity index (χ0n) is 9.76. The van der Waals surface area contributed by atoms with Gasteiger partial charge in [0.2, 0.25) is 6.79 Å². The molecule has 0 spiro atoms. The first-order valence-electron chi connectivity index (χ1n) is 5.74. The van der Waals surface area contributed by atoms with Crippen LogP contribution >= 0.6 is 0 Å². The Morgan fingerprint density at radius 2 is 2.22 bits per heavy atom. The molecule has 0 saturated heterocycles. The SMILES string of the molecule is Nc1nc(OCOC(=O)C2CCCC2)ncc1F. The Morgan fingerprint density at radius 1 is 1.50 bits per heavy atom. The summed E-state index contributed by atoms with van der Waals surface area (Å²) < 4.78 is 22.6. The van der Waals surface area contributed by atoms with Gasteiger partial charge in [0.1, 0.15) is 0 Å². The maximum atomic E-state index is 12.8. The summed E-state index contributed by atoms with van der Waals surface area (Å²) in [6.07, 6.45) is 4.73. The number of carbonyl (C=O) groups is 1. The van der Waals surface area contributed by atoms with Gasteiger partial charge >= 0.3 is 12.0 Å². The smallest absolute Gasteiger partial charge is 0.321 e. The van der Waals surface area contributed by atoms with Gasteiger partial charge in [-0.2, -0.15) is 4.98 Å². The normalized spacial score (nSPS) is 15.6. The molecule has 1 aliphatic rings. The molecule has 1 aromatic heterocycles. The quantitative estimate of drug-likeness (QED) is 0.644. The van der Waals surface area contributed by atoms with Crippen LogP contribution < -0.4 is 10.5 Å². The summed E-state index contributed by atoms with van der Waals surface area (Å²) in [5.74, 6) is -1.33. The Bertz CT molecular complexity index is 436. The molecule has 0 atom stereocenters. The van der Waals surface area contributed by atoms with Gasteiger partial charge in [0.15, 0.2) is 11.6 Å². The minimum Gasteiger partial charge on any atom is -0.428 e. The number of carbonyl (C=O) groups excluding carboxylic acids is 1. The largest absolute Gasteiger partial charge is 0.428 e. The summed E-state index contributed by atoms with van der Waals surface area (Å²) in [4.78, 5) is 18.6. The van der Waals surface area contributed by atoms with Crippen molar-refractivity contribution in [1.29, 1.82) is 0 Å². The molecule has 0 unspecified atom stereocenters. The highest BCUT2D eigenvalue weighted by atomic mass is 19.1. The highest BCUT2D eigenvalue weighted by Crippen LogP contribution is 2.25. The fraction of sp³-hybridized carbons (Fsp3) is 0.545. The fourth-order valence-corrected chi connectivity index (χ4v) is 1.85. The van der Waals surface area contributed by atoms with E-state index < -0.39 is 5.82 Å². The number of aromatic nitrogens is 2. The third-order valence-corrected chi connectivity index (χ3v) is 2.83. The zero-order chi connectivity index (χ0) is 13.0. The lowest BCUT2D eigenvalue weighted by Crippen LogP contribution is -2.18. The Labute approximate surface area is 103 Å². The summed E-state index contributed by atoms with van der Waals surface area (Å²) in [5.41, 5.74) is 5.24. The number of esters is 1. The fourth-order valence-electron chi connectivity index (χ4n) is 1.85. The van der Waals surface area contributed by atoms with Gasteiger partial charge in [-0.25, -0.2) is 9.37 Å². The van der Waals surface area contributed by atoms with Crippen molar-refractivity contribution in [1.82, 2.24) is 9.97 Å². The molecule has 98 valence electrons. The van der Waals surface area contributed by atoms with E-state index in [1.165, 1.54) is 0 Å². The minimum atomic E-state index is -0.717. The molecule has 1 heterocycles. The van der Waals surface area contributed by atoms with Crippen LogP contribution in [0.1, 0.15) is 25.7 Å². The molecule has 0 aliphatic heterocycles. The second kappa shape index (κ2) is 5.61. The van der Waals surface area contributed by atoms with E-state index >= 15 is 0 Å². The van der Waals surface area contributed by atoms with Gasteiger partial charge < -0.3 is 15.2 Å². The van der Waals surface area contributed by atoms with Crippen molar-refractivity contribution in [3.63, 3.8) is 0 Å². The lowest BCUT2D eigenvalue weighted by Gasteiger charge is -2.09. The molecule has 2 N–H and O–H groups in total. The van der Waals surface area contributed by atoms with Crippen molar-refractivity contribution < 1.29 is 18.7 Å². The maximum Gasteiger partial charge on any atom is 0.321 e. The van der Waals surface area contributed by atoms with Gasteiger partial charge in [-0.15, -0.1) is 0 Å². The zero-order valence-corrected chi connectivity index (χ0v) is 9.76. The molecule has 2 rings (SSSR count). The van der Waals surface area contributed by atoms with Gasteiger partial charge in [-0.05, 0) is 12.8 Å². The van der Waals surface area contributed by atoms with E-state index in [9.17, 15) is 9.18 Å². The van der Waals surface area contributed by atoms with Crippen molar-refractivity contribution >= 4 is 11.8 Å². The van der Waals surface area contributed by atoms with Gasteiger partial charge in [0.25, 0.3) is 0 Å². The maximum absolute atomic E-state index is 12.8. The molecular weight excluding hydrogens is 241 g/mol. The van der Waals surface area contributed by atoms with Gasteiger partial charge in [0, 0.05) is 0 Å². The van der Waals surface area contributed by atoms with E-state index in [4.69, 9.17) is 15.2 Å². The number of hydrogen-bond donors (Lipinski definition) is 1. The molecule has 18 heavy (non-hydrogen) atoms. The molecule has 1 aromatic rings. The molecule has 0 radical (unpaired) electrons. The minimum absolute atomic E-state index is 0.0344. The van der Waals surface area contributed by atoms with Crippen molar-refractivity contribution in [2.24, 2.45) is 5.92 Å². The van der Waals surface area contributed by atoms with Crippen molar-refractivity contribution in [3.05, 3.63) is 12.0 Å². The lowest BCUT2D eigenvalue weighted by molar-refractivity contribution is -0.155. The number of ether oxygens (including phenoxy) is 2. The van der Waals surface area contributed by atoms with E-state index in [0.717, 1.165) is 31.9 Å². The predicted molar refractivity (Wildman–Crippen MR) is 59.9 cm³/mol. The summed E-state index contributed by atoms with van der Waals surface area (Å²) in [7, 11) is 0.